The summed E-state index contributed by atoms with van der Waals surface area (Å²) in [7, 11) is 1.65. The van der Waals surface area contributed by atoms with Crippen molar-refractivity contribution >= 4 is 0 Å². The summed E-state index contributed by atoms with van der Waals surface area (Å²) in [5.74, 6) is 1.67. The minimum absolute atomic E-state index is 0.0530. The van der Waals surface area contributed by atoms with E-state index in [0.29, 0.717) is 13.2 Å². The number of rotatable bonds is 3. The highest BCUT2D eigenvalue weighted by atomic mass is 16.7. The van der Waals surface area contributed by atoms with E-state index in [2.05, 4.69) is 6.92 Å². The number of nitrogens with two attached hydrogens (primary N) is 1. The van der Waals surface area contributed by atoms with Crippen LogP contribution in [0, 0.1) is 0 Å². The average molecular weight is 265 g/mol. The van der Waals surface area contributed by atoms with Gasteiger partial charge in [-0.25, -0.2) is 0 Å². The van der Waals surface area contributed by atoms with Crippen LogP contribution in [0.4, 0.5) is 0 Å². The molecule has 1 aromatic rings. The standard InChI is InChI=1S/C14H19NO4/c1-8-3-9-4-13(16-2)11(5-12(9)18-8)14-17-7-10(6-15)19-14/h4-5,8,10,14H,3,6-7,15H2,1-2H3. The Morgan fingerprint density at radius 1 is 1.42 bits per heavy atom. The fourth-order valence-electron chi connectivity index (χ4n) is 2.55. The van der Waals surface area contributed by atoms with Gasteiger partial charge in [-0.2, -0.15) is 0 Å². The SMILES string of the molecule is COc1cc2c(cc1C1OCC(CN)O1)OC(C)C2. The Bertz CT molecular complexity index is 477. The van der Waals surface area contributed by atoms with Crippen molar-refractivity contribution in [3.63, 3.8) is 0 Å². The number of methoxy groups -OCH3 is 1. The Hall–Kier alpha value is -1.30. The predicted molar refractivity (Wildman–Crippen MR) is 69.4 cm³/mol. The van der Waals surface area contributed by atoms with E-state index < -0.39 is 6.29 Å². The van der Waals surface area contributed by atoms with Crippen molar-refractivity contribution in [3.05, 3.63) is 23.3 Å². The van der Waals surface area contributed by atoms with Gasteiger partial charge in [0.1, 0.15) is 17.6 Å². The number of hydrogen-bond acceptors (Lipinski definition) is 5. The van der Waals surface area contributed by atoms with Gasteiger partial charge in [0.2, 0.25) is 0 Å². The van der Waals surface area contributed by atoms with Gasteiger partial charge >= 0.3 is 0 Å². The summed E-state index contributed by atoms with van der Waals surface area (Å²) in [5.41, 5.74) is 7.63. The Labute approximate surface area is 112 Å². The lowest BCUT2D eigenvalue weighted by atomic mass is 10.1. The lowest BCUT2D eigenvalue weighted by Gasteiger charge is -2.16. The molecule has 0 aliphatic carbocycles. The van der Waals surface area contributed by atoms with Crippen LogP contribution in [-0.4, -0.2) is 32.5 Å². The number of fused-ring (bicyclic) bond motifs is 1. The molecule has 5 heteroatoms. The fraction of sp³-hybridized carbons (Fsp3) is 0.571. The predicted octanol–water partition coefficient (Wildman–Crippen LogP) is 1.39. The van der Waals surface area contributed by atoms with Crippen molar-refractivity contribution in [1.82, 2.24) is 0 Å². The topological polar surface area (TPSA) is 62.9 Å². The summed E-state index contributed by atoms with van der Waals surface area (Å²) >= 11 is 0. The zero-order valence-electron chi connectivity index (χ0n) is 11.2. The number of ether oxygens (including phenoxy) is 4. The molecule has 3 rings (SSSR count). The van der Waals surface area contributed by atoms with Gasteiger partial charge in [0, 0.05) is 18.5 Å². The molecule has 0 saturated carbocycles. The van der Waals surface area contributed by atoms with E-state index in [4.69, 9.17) is 24.7 Å². The molecule has 3 unspecified atom stereocenters. The highest BCUT2D eigenvalue weighted by molar-refractivity contribution is 5.49. The van der Waals surface area contributed by atoms with Crippen LogP contribution < -0.4 is 15.2 Å². The van der Waals surface area contributed by atoms with Gasteiger partial charge in [0.15, 0.2) is 6.29 Å². The normalized spacial score (nSPS) is 29.1. The molecule has 3 atom stereocenters. The van der Waals surface area contributed by atoms with Gasteiger partial charge in [-0.1, -0.05) is 0 Å². The first-order valence-electron chi connectivity index (χ1n) is 6.56. The second-order valence-electron chi connectivity index (χ2n) is 4.99. The largest absolute Gasteiger partial charge is 0.496 e. The zero-order chi connectivity index (χ0) is 13.4. The lowest BCUT2D eigenvalue weighted by molar-refractivity contribution is -0.0598. The Kier molecular flexibility index (Phi) is 3.35. The quantitative estimate of drug-likeness (QED) is 0.894. The first kappa shape index (κ1) is 12.7. The van der Waals surface area contributed by atoms with Crippen LogP contribution in [0.25, 0.3) is 0 Å². The summed E-state index contributed by atoms with van der Waals surface area (Å²) in [6.45, 7) is 3.02. The van der Waals surface area contributed by atoms with Crippen molar-refractivity contribution in [2.24, 2.45) is 5.73 Å². The molecule has 1 saturated heterocycles. The summed E-state index contributed by atoms with van der Waals surface area (Å²) in [5, 5.41) is 0. The number of benzene rings is 1. The number of hydrogen-bond donors (Lipinski definition) is 1. The van der Waals surface area contributed by atoms with E-state index in [1.54, 1.807) is 7.11 Å². The third kappa shape index (κ3) is 2.29. The summed E-state index contributed by atoms with van der Waals surface area (Å²) in [4.78, 5) is 0. The van der Waals surface area contributed by atoms with Crippen LogP contribution >= 0.6 is 0 Å². The second-order valence-corrected chi connectivity index (χ2v) is 4.99. The molecule has 0 aromatic heterocycles. The molecule has 5 nitrogen and oxygen atoms in total. The van der Waals surface area contributed by atoms with Crippen molar-refractivity contribution in [2.75, 3.05) is 20.3 Å². The van der Waals surface area contributed by atoms with Gasteiger partial charge in [0.05, 0.1) is 25.4 Å². The molecule has 0 bridgehead atoms. The van der Waals surface area contributed by atoms with Crippen LogP contribution in [0.2, 0.25) is 0 Å². The van der Waals surface area contributed by atoms with E-state index in [-0.39, 0.29) is 12.2 Å². The third-order valence-electron chi connectivity index (χ3n) is 3.51. The maximum atomic E-state index is 5.77. The molecular weight excluding hydrogens is 246 g/mol. The lowest BCUT2D eigenvalue weighted by Crippen LogP contribution is -2.21. The maximum absolute atomic E-state index is 5.77. The van der Waals surface area contributed by atoms with Gasteiger partial charge in [-0.3, -0.25) is 0 Å². The van der Waals surface area contributed by atoms with Crippen molar-refractivity contribution < 1.29 is 18.9 Å². The molecule has 2 N–H and O–H groups in total. The molecule has 0 amide bonds. The minimum atomic E-state index is -0.423. The smallest absolute Gasteiger partial charge is 0.188 e. The monoisotopic (exact) mass is 265 g/mol. The van der Waals surface area contributed by atoms with Crippen LogP contribution in [0.5, 0.6) is 11.5 Å². The minimum Gasteiger partial charge on any atom is -0.496 e. The molecule has 1 fully saturated rings. The molecule has 104 valence electrons. The summed E-state index contributed by atoms with van der Waals surface area (Å²) in [6, 6.07) is 3.97. The van der Waals surface area contributed by atoms with E-state index in [1.165, 1.54) is 5.56 Å². The van der Waals surface area contributed by atoms with E-state index >= 15 is 0 Å². The molecule has 2 aliphatic heterocycles. The first-order valence-corrected chi connectivity index (χ1v) is 6.56. The average Bonchev–Trinajstić information content (AvgIpc) is 3.01. The summed E-state index contributed by atoms with van der Waals surface area (Å²) in [6.07, 6.45) is 0.636. The Balaban J connectivity index is 1.91. The first-order chi connectivity index (χ1) is 9.21. The van der Waals surface area contributed by atoms with Crippen molar-refractivity contribution in [1.29, 1.82) is 0 Å². The highest BCUT2D eigenvalue weighted by Gasteiger charge is 2.31. The van der Waals surface area contributed by atoms with Crippen LogP contribution in [0.3, 0.4) is 0 Å². The van der Waals surface area contributed by atoms with E-state index in [0.717, 1.165) is 23.5 Å². The van der Waals surface area contributed by atoms with Crippen LogP contribution in [0.15, 0.2) is 12.1 Å². The Morgan fingerprint density at radius 3 is 2.95 bits per heavy atom. The van der Waals surface area contributed by atoms with Gasteiger partial charge < -0.3 is 24.7 Å². The zero-order valence-corrected chi connectivity index (χ0v) is 11.2. The third-order valence-corrected chi connectivity index (χ3v) is 3.51. The van der Waals surface area contributed by atoms with Crippen LogP contribution in [-0.2, 0) is 15.9 Å². The molecule has 2 heterocycles. The van der Waals surface area contributed by atoms with Crippen molar-refractivity contribution in [3.8, 4) is 11.5 Å². The van der Waals surface area contributed by atoms with E-state index in [1.807, 2.05) is 12.1 Å². The Morgan fingerprint density at radius 2 is 2.26 bits per heavy atom. The molecule has 0 spiro atoms. The molecular formula is C14H19NO4. The molecule has 1 aromatic carbocycles. The summed E-state index contributed by atoms with van der Waals surface area (Å²) < 4.78 is 22.6. The molecule has 2 aliphatic rings. The van der Waals surface area contributed by atoms with Gasteiger partial charge in [-0.15, -0.1) is 0 Å². The maximum Gasteiger partial charge on any atom is 0.188 e. The van der Waals surface area contributed by atoms with Crippen LogP contribution in [0.1, 0.15) is 24.3 Å². The van der Waals surface area contributed by atoms with Crippen molar-refractivity contribution in [2.45, 2.75) is 31.8 Å². The molecule has 19 heavy (non-hydrogen) atoms. The fourth-order valence-corrected chi connectivity index (χ4v) is 2.55. The second kappa shape index (κ2) is 5.00. The molecule has 0 radical (unpaired) electrons. The van der Waals surface area contributed by atoms with Gasteiger partial charge in [0.25, 0.3) is 0 Å². The highest BCUT2D eigenvalue weighted by Crippen LogP contribution is 2.40. The van der Waals surface area contributed by atoms with E-state index in [9.17, 15) is 0 Å². The van der Waals surface area contributed by atoms with Gasteiger partial charge in [-0.05, 0) is 19.1 Å².